The first kappa shape index (κ1) is 16.6. The summed E-state index contributed by atoms with van der Waals surface area (Å²) < 4.78 is 0. The van der Waals surface area contributed by atoms with E-state index in [1.54, 1.807) is 0 Å². The molecule has 2 atom stereocenters. The molecule has 2 aliphatic rings. The van der Waals surface area contributed by atoms with E-state index in [0.29, 0.717) is 0 Å². The van der Waals surface area contributed by atoms with Crippen LogP contribution in [0.15, 0.2) is 4.99 Å². The number of guanidine groups is 1. The molecule has 1 aliphatic carbocycles. The van der Waals surface area contributed by atoms with Crippen LogP contribution in [0, 0.1) is 11.8 Å². The van der Waals surface area contributed by atoms with Gasteiger partial charge in [0.05, 0.1) is 6.54 Å². The molecule has 1 heterocycles. The van der Waals surface area contributed by atoms with Crippen molar-refractivity contribution in [1.29, 1.82) is 0 Å². The summed E-state index contributed by atoms with van der Waals surface area (Å²) in [6.07, 6.45) is 5.70. The van der Waals surface area contributed by atoms with E-state index in [1.165, 1.54) is 38.8 Å². The maximum atomic E-state index is 4.83. The van der Waals surface area contributed by atoms with Gasteiger partial charge in [-0.25, -0.2) is 0 Å². The van der Waals surface area contributed by atoms with Crippen LogP contribution in [0.5, 0.6) is 0 Å². The lowest BCUT2D eigenvalue weighted by Gasteiger charge is -2.23. The Kier molecular flexibility index (Phi) is 5.91. The fourth-order valence-electron chi connectivity index (χ4n) is 3.60. The highest BCUT2D eigenvalue weighted by atomic mass is 15.3. The zero-order valence-electron chi connectivity index (χ0n) is 14.4. The van der Waals surface area contributed by atoms with Gasteiger partial charge < -0.3 is 15.5 Å². The van der Waals surface area contributed by atoms with Crippen LogP contribution in [0.1, 0.15) is 53.4 Å². The van der Waals surface area contributed by atoms with Gasteiger partial charge in [-0.15, -0.1) is 0 Å². The summed E-state index contributed by atoms with van der Waals surface area (Å²) in [7, 11) is 0. The number of hydrogen-bond donors (Lipinski definition) is 2. The second-order valence-electron chi connectivity index (χ2n) is 7.62. The summed E-state index contributed by atoms with van der Waals surface area (Å²) in [6.45, 7) is 13.9. The van der Waals surface area contributed by atoms with Crippen LogP contribution in [0.25, 0.3) is 0 Å². The van der Waals surface area contributed by atoms with Gasteiger partial charge in [-0.3, -0.25) is 4.99 Å². The minimum atomic E-state index is 0.177. The van der Waals surface area contributed by atoms with Crippen molar-refractivity contribution in [3.8, 4) is 0 Å². The Morgan fingerprint density at radius 1 is 1.14 bits per heavy atom. The van der Waals surface area contributed by atoms with Crippen molar-refractivity contribution in [1.82, 2.24) is 15.5 Å². The van der Waals surface area contributed by atoms with E-state index in [0.717, 1.165) is 37.4 Å². The summed E-state index contributed by atoms with van der Waals surface area (Å²) >= 11 is 0. The first-order valence-electron chi connectivity index (χ1n) is 8.78. The van der Waals surface area contributed by atoms with E-state index in [9.17, 15) is 0 Å². The average Bonchev–Trinajstić information content (AvgIpc) is 2.84. The first-order chi connectivity index (χ1) is 9.99. The van der Waals surface area contributed by atoms with Crippen molar-refractivity contribution in [2.75, 3.05) is 32.7 Å². The highest BCUT2D eigenvalue weighted by Gasteiger charge is 2.35. The molecule has 1 aliphatic heterocycles. The number of aliphatic imine (C=N–C) groups is 1. The summed E-state index contributed by atoms with van der Waals surface area (Å²) in [5.41, 5.74) is 0.177. The summed E-state index contributed by atoms with van der Waals surface area (Å²) in [5, 5.41) is 6.99. The predicted molar refractivity (Wildman–Crippen MR) is 90.8 cm³/mol. The molecule has 0 aromatic heterocycles. The Hall–Kier alpha value is -0.770. The number of nitrogens with one attached hydrogen (secondary N) is 2. The fraction of sp³-hybridized carbons (Fsp3) is 0.941. The standard InChI is InChI=1S/C17H34N4/c1-5-18-16(19-10-11-20-17(2,3)4)21-12-14-8-6-7-9-15(14)13-21/h14-15,20H,5-13H2,1-4H3,(H,18,19). The predicted octanol–water partition coefficient (Wildman–Crippen LogP) is 2.46. The Morgan fingerprint density at radius 2 is 1.76 bits per heavy atom. The molecule has 0 spiro atoms. The number of rotatable bonds is 4. The molecule has 0 amide bonds. The van der Waals surface area contributed by atoms with Gasteiger partial charge in [-0.2, -0.15) is 0 Å². The van der Waals surface area contributed by atoms with Gasteiger partial charge in [0, 0.05) is 31.7 Å². The van der Waals surface area contributed by atoms with Crippen molar-refractivity contribution in [2.45, 2.75) is 58.9 Å². The second-order valence-corrected chi connectivity index (χ2v) is 7.62. The third kappa shape index (κ3) is 5.17. The SMILES string of the molecule is CCNC(=NCCNC(C)(C)C)N1CC2CCCCC2C1. The molecule has 2 N–H and O–H groups in total. The largest absolute Gasteiger partial charge is 0.357 e. The van der Waals surface area contributed by atoms with Gasteiger partial charge >= 0.3 is 0 Å². The van der Waals surface area contributed by atoms with Gasteiger partial charge in [0.1, 0.15) is 0 Å². The van der Waals surface area contributed by atoms with Crippen LogP contribution in [0.4, 0.5) is 0 Å². The van der Waals surface area contributed by atoms with Crippen molar-refractivity contribution in [3.05, 3.63) is 0 Å². The van der Waals surface area contributed by atoms with E-state index in [4.69, 9.17) is 4.99 Å². The van der Waals surface area contributed by atoms with E-state index >= 15 is 0 Å². The molecule has 0 aromatic rings. The van der Waals surface area contributed by atoms with E-state index < -0.39 is 0 Å². The smallest absolute Gasteiger partial charge is 0.193 e. The number of nitrogens with zero attached hydrogens (tertiary/aromatic N) is 2. The monoisotopic (exact) mass is 294 g/mol. The zero-order chi connectivity index (χ0) is 15.3. The van der Waals surface area contributed by atoms with Gasteiger partial charge in [0.25, 0.3) is 0 Å². The Balaban J connectivity index is 1.86. The number of likely N-dealkylation sites (tertiary alicyclic amines) is 1. The molecule has 4 heteroatoms. The molecule has 21 heavy (non-hydrogen) atoms. The third-order valence-electron chi connectivity index (χ3n) is 4.64. The Labute approximate surface area is 130 Å². The van der Waals surface area contributed by atoms with Gasteiger partial charge in [0.2, 0.25) is 0 Å². The topological polar surface area (TPSA) is 39.7 Å². The minimum Gasteiger partial charge on any atom is -0.357 e. The molecule has 2 unspecified atom stereocenters. The molecule has 122 valence electrons. The molecular weight excluding hydrogens is 260 g/mol. The van der Waals surface area contributed by atoms with Gasteiger partial charge in [-0.1, -0.05) is 12.8 Å². The average molecular weight is 294 g/mol. The maximum Gasteiger partial charge on any atom is 0.193 e. The van der Waals surface area contributed by atoms with Crippen LogP contribution < -0.4 is 10.6 Å². The molecular formula is C17H34N4. The molecule has 2 rings (SSSR count). The second kappa shape index (κ2) is 7.48. The van der Waals surface area contributed by atoms with Gasteiger partial charge in [-0.05, 0) is 52.4 Å². The lowest BCUT2D eigenvalue weighted by molar-refractivity contribution is 0.299. The van der Waals surface area contributed by atoms with Crippen LogP contribution in [-0.2, 0) is 0 Å². The highest BCUT2D eigenvalue weighted by molar-refractivity contribution is 5.80. The quantitative estimate of drug-likeness (QED) is 0.475. The minimum absolute atomic E-state index is 0.177. The summed E-state index contributed by atoms with van der Waals surface area (Å²) in [6, 6.07) is 0. The molecule has 0 bridgehead atoms. The van der Waals surface area contributed by atoms with Gasteiger partial charge in [0.15, 0.2) is 5.96 Å². The number of fused-ring (bicyclic) bond motifs is 1. The molecule has 0 aromatic carbocycles. The molecule has 1 saturated carbocycles. The summed E-state index contributed by atoms with van der Waals surface area (Å²) in [4.78, 5) is 7.33. The van der Waals surface area contributed by atoms with Crippen molar-refractivity contribution < 1.29 is 0 Å². The highest BCUT2D eigenvalue weighted by Crippen LogP contribution is 2.35. The first-order valence-corrected chi connectivity index (χ1v) is 8.78. The van der Waals surface area contributed by atoms with E-state index in [-0.39, 0.29) is 5.54 Å². The maximum absolute atomic E-state index is 4.83. The normalized spacial score (nSPS) is 26.9. The van der Waals surface area contributed by atoms with E-state index in [2.05, 4.69) is 43.2 Å². The van der Waals surface area contributed by atoms with Crippen LogP contribution in [0.2, 0.25) is 0 Å². The fourth-order valence-corrected chi connectivity index (χ4v) is 3.60. The molecule has 2 fully saturated rings. The van der Waals surface area contributed by atoms with Crippen molar-refractivity contribution in [3.63, 3.8) is 0 Å². The van der Waals surface area contributed by atoms with Crippen LogP contribution in [0.3, 0.4) is 0 Å². The molecule has 4 nitrogen and oxygen atoms in total. The Morgan fingerprint density at radius 3 is 2.29 bits per heavy atom. The van der Waals surface area contributed by atoms with E-state index in [1.807, 2.05) is 0 Å². The third-order valence-corrected chi connectivity index (χ3v) is 4.64. The van der Waals surface area contributed by atoms with Crippen molar-refractivity contribution in [2.24, 2.45) is 16.8 Å². The lowest BCUT2D eigenvalue weighted by Crippen LogP contribution is -2.41. The van der Waals surface area contributed by atoms with Crippen LogP contribution >= 0.6 is 0 Å². The summed E-state index contributed by atoms with van der Waals surface area (Å²) in [5.74, 6) is 2.95. The zero-order valence-corrected chi connectivity index (χ0v) is 14.4. The van der Waals surface area contributed by atoms with Crippen molar-refractivity contribution >= 4 is 5.96 Å². The molecule has 0 radical (unpaired) electrons. The lowest BCUT2D eigenvalue weighted by atomic mass is 9.82. The van der Waals surface area contributed by atoms with Crippen LogP contribution in [-0.4, -0.2) is 49.1 Å². The molecule has 1 saturated heterocycles. The number of hydrogen-bond acceptors (Lipinski definition) is 2. The Bertz CT molecular complexity index is 331.